The summed E-state index contributed by atoms with van der Waals surface area (Å²) in [5.41, 5.74) is -1.77. The van der Waals surface area contributed by atoms with Crippen LogP contribution in [0.2, 0.25) is 0 Å². The second-order valence-corrected chi connectivity index (χ2v) is 14.8. The zero-order valence-corrected chi connectivity index (χ0v) is 32.8. The van der Waals surface area contributed by atoms with Crippen LogP contribution in [0.4, 0.5) is 0 Å². The van der Waals surface area contributed by atoms with Gasteiger partial charge in [-0.25, -0.2) is 14.5 Å². The molecule has 1 fully saturated rings. The monoisotopic (exact) mass is 809 g/mol. The van der Waals surface area contributed by atoms with E-state index < -0.39 is 89.8 Å². The zero-order valence-electron chi connectivity index (χ0n) is 32.8. The highest BCUT2D eigenvalue weighted by molar-refractivity contribution is 5.74. The van der Waals surface area contributed by atoms with Gasteiger partial charge < -0.3 is 75.0 Å². The molecule has 0 aromatic heterocycles. The molecule has 2 aliphatic rings. The SMILES string of the molecule is CCC(O)(c1cccc(O[C@@H]2OC(C(=O)O)[C@@H](O)C(O)C2[OH+]CN(C)CC(C)C(O)(CC)c2cccc(OC3=C(O)C(O)[C@H](O)C(C(=O)O)O3)c2)c1)C(C)CNC. The van der Waals surface area contributed by atoms with Crippen LogP contribution in [0.3, 0.4) is 0 Å². The van der Waals surface area contributed by atoms with Gasteiger partial charge in [0.25, 0.3) is 6.29 Å². The van der Waals surface area contributed by atoms with Gasteiger partial charge in [-0.15, -0.1) is 0 Å². The van der Waals surface area contributed by atoms with E-state index in [2.05, 4.69) is 10.1 Å². The van der Waals surface area contributed by atoms with Crippen molar-refractivity contribution in [2.75, 3.05) is 33.9 Å². The van der Waals surface area contributed by atoms with Crippen LogP contribution in [0.1, 0.15) is 51.7 Å². The van der Waals surface area contributed by atoms with Crippen LogP contribution in [0.5, 0.6) is 11.5 Å². The molecular formula is C39H57N2O16+. The number of carboxylic acids is 2. The van der Waals surface area contributed by atoms with E-state index in [4.69, 9.17) is 18.9 Å². The number of benzene rings is 2. The number of nitrogens with one attached hydrogen (secondary N) is 1. The minimum atomic E-state index is -1.98. The first-order valence-electron chi connectivity index (χ1n) is 18.8. The maximum atomic E-state index is 12.0. The topological polar surface area (TPSA) is 281 Å². The van der Waals surface area contributed by atoms with E-state index in [9.17, 15) is 55.5 Å². The first kappa shape index (κ1) is 45.6. The molecule has 18 heteroatoms. The molecule has 318 valence electrons. The highest BCUT2D eigenvalue weighted by Gasteiger charge is 2.53. The van der Waals surface area contributed by atoms with Gasteiger partial charge in [0, 0.05) is 24.9 Å². The summed E-state index contributed by atoms with van der Waals surface area (Å²) in [5.74, 6) is -5.19. The van der Waals surface area contributed by atoms with Crippen molar-refractivity contribution in [3.05, 3.63) is 71.4 Å². The van der Waals surface area contributed by atoms with Crippen molar-refractivity contribution < 1.29 is 79.2 Å². The lowest BCUT2D eigenvalue weighted by molar-refractivity contribution is -0.326. The summed E-state index contributed by atoms with van der Waals surface area (Å²) in [5, 5.41) is 98.0. The normalized spacial score (nSPS) is 28.4. The molecule has 0 spiro atoms. The van der Waals surface area contributed by atoms with Crippen LogP contribution in [0.15, 0.2) is 60.2 Å². The van der Waals surface area contributed by atoms with Crippen LogP contribution in [0, 0.1) is 11.8 Å². The average Bonchev–Trinajstić information content (AvgIpc) is 3.18. The van der Waals surface area contributed by atoms with Crippen molar-refractivity contribution in [3.63, 3.8) is 0 Å². The van der Waals surface area contributed by atoms with E-state index >= 15 is 0 Å². The number of aliphatic carboxylic acids is 2. The summed E-state index contributed by atoms with van der Waals surface area (Å²) in [6.07, 6.45) is -13.3. The predicted molar refractivity (Wildman–Crippen MR) is 201 cm³/mol. The van der Waals surface area contributed by atoms with E-state index in [0.29, 0.717) is 24.1 Å². The molecule has 57 heavy (non-hydrogen) atoms. The van der Waals surface area contributed by atoms with Gasteiger partial charge in [-0.3, -0.25) is 0 Å². The second-order valence-electron chi connectivity index (χ2n) is 14.8. The average molecular weight is 810 g/mol. The third kappa shape index (κ3) is 9.97. The van der Waals surface area contributed by atoms with Crippen LogP contribution in [-0.2, 0) is 30.3 Å². The molecule has 0 saturated carbocycles. The van der Waals surface area contributed by atoms with Gasteiger partial charge in [-0.1, -0.05) is 52.0 Å². The summed E-state index contributed by atoms with van der Waals surface area (Å²) in [6.45, 7) is 7.98. The van der Waals surface area contributed by atoms with Gasteiger partial charge in [0.1, 0.15) is 29.8 Å². The first-order valence-corrected chi connectivity index (χ1v) is 18.8. The minimum absolute atomic E-state index is 0.0251. The van der Waals surface area contributed by atoms with Crippen LogP contribution >= 0.6 is 0 Å². The second kappa shape index (κ2) is 19.1. The summed E-state index contributed by atoms with van der Waals surface area (Å²) in [4.78, 5) is 25.2. The number of carboxylic acid groups (broad SMARTS) is 2. The zero-order chi connectivity index (χ0) is 42.4. The Morgan fingerprint density at radius 3 is 2.00 bits per heavy atom. The van der Waals surface area contributed by atoms with E-state index in [0.717, 1.165) is 0 Å². The predicted octanol–water partition coefficient (Wildman–Crippen LogP) is 0.0807. The van der Waals surface area contributed by atoms with Gasteiger partial charge in [0.15, 0.2) is 12.2 Å². The highest BCUT2D eigenvalue weighted by Crippen LogP contribution is 2.38. The number of carbonyl (C=O) groups is 2. The molecule has 0 bridgehead atoms. The molecule has 9 unspecified atom stereocenters. The lowest BCUT2D eigenvalue weighted by Crippen LogP contribution is -2.63. The van der Waals surface area contributed by atoms with Crippen molar-refractivity contribution in [2.24, 2.45) is 11.8 Å². The Kier molecular flexibility index (Phi) is 15.3. The maximum Gasteiger partial charge on any atom is 0.347 e. The van der Waals surface area contributed by atoms with Gasteiger partial charge in [-0.05, 0) is 62.3 Å². The maximum absolute atomic E-state index is 12.0. The smallest absolute Gasteiger partial charge is 0.347 e. The van der Waals surface area contributed by atoms with Crippen LogP contribution in [0.25, 0.3) is 0 Å². The first-order chi connectivity index (χ1) is 26.8. The molecule has 12 atom stereocenters. The Morgan fingerprint density at radius 2 is 1.44 bits per heavy atom. The number of hydrogen-bond acceptors (Lipinski definition) is 15. The summed E-state index contributed by atoms with van der Waals surface area (Å²) in [7, 11) is 3.49. The third-order valence-electron chi connectivity index (χ3n) is 10.9. The fourth-order valence-electron chi connectivity index (χ4n) is 7.28. The molecule has 0 amide bonds. The fraction of sp³-hybridized carbons (Fsp3) is 0.590. The Hall–Kier alpha value is -4.08. The quantitative estimate of drug-likeness (QED) is 0.0664. The molecule has 2 aromatic carbocycles. The van der Waals surface area contributed by atoms with E-state index in [1.54, 1.807) is 69.2 Å². The molecule has 11 N–H and O–H groups in total. The van der Waals surface area contributed by atoms with Crippen molar-refractivity contribution >= 4 is 11.9 Å². The fourth-order valence-corrected chi connectivity index (χ4v) is 7.28. The standard InChI is InChI=1S/C39H56N2O16/c1-7-38(51,20(3)17-40-5)22-11-9-14-25(15-22)55-37-33(29(45)28(44)32(57-37)35(49)50)53-19-41(6)18-21(4)39(52,8-2)23-12-10-13-24(16-23)54-36-30(46)26(42)27(43)31(56-36)34(47)48/h9-16,20-21,26-29,31-33,37,40,42-46,51-52H,7-8,17-19H2,1-6H3,(H,47,48)(H,49,50)/p+1/t20?,21?,26?,27-,28-,29?,31?,32?,33?,37+,38?,39?/m0/s1. The van der Waals surface area contributed by atoms with Gasteiger partial charge in [0.05, 0.1) is 11.2 Å². The number of aliphatic hydroxyl groups is 9. The van der Waals surface area contributed by atoms with Gasteiger partial charge in [-0.2, -0.15) is 0 Å². The Balaban J connectivity index is 1.49. The van der Waals surface area contributed by atoms with E-state index in [1.807, 2.05) is 13.8 Å². The van der Waals surface area contributed by atoms with Crippen molar-refractivity contribution in [3.8, 4) is 11.5 Å². The molecular weight excluding hydrogens is 752 g/mol. The Bertz CT molecular complexity index is 1710. The minimum Gasteiger partial charge on any atom is -0.504 e. The number of aliphatic hydroxyl groups excluding tert-OH is 5. The highest BCUT2D eigenvalue weighted by atomic mass is 16.7. The van der Waals surface area contributed by atoms with Crippen LogP contribution in [-0.4, -0.2) is 150 Å². The Morgan fingerprint density at radius 1 is 0.877 bits per heavy atom. The van der Waals surface area contributed by atoms with Crippen molar-refractivity contribution in [1.82, 2.24) is 10.2 Å². The molecule has 2 aromatic rings. The number of ether oxygens (including phenoxy) is 5. The third-order valence-corrected chi connectivity index (χ3v) is 10.9. The summed E-state index contributed by atoms with van der Waals surface area (Å²) < 4.78 is 27.0. The van der Waals surface area contributed by atoms with Crippen LogP contribution < -0.4 is 14.8 Å². The molecule has 18 nitrogen and oxygen atoms in total. The summed E-state index contributed by atoms with van der Waals surface area (Å²) in [6, 6.07) is 12.7. The lowest BCUT2D eigenvalue weighted by Gasteiger charge is -2.39. The Labute approximate surface area is 330 Å². The number of nitrogens with zero attached hydrogens (tertiary/aromatic N) is 1. The van der Waals surface area contributed by atoms with Crippen molar-refractivity contribution in [1.29, 1.82) is 0 Å². The molecule has 0 radical (unpaired) electrons. The van der Waals surface area contributed by atoms with Crippen molar-refractivity contribution in [2.45, 2.75) is 101 Å². The summed E-state index contributed by atoms with van der Waals surface area (Å²) >= 11 is 0. The molecule has 4 rings (SSSR count). The molecule has 0 aliphatic carbocycles. The number of hydrogen-bond donors (Lipinski definition) is 10. The largest absolute Gasteiger partial charge is 0.504 e. The van der Waals surface area contributed by atoms with E-state index in [1.165, 1.54) is 12.1 Å². The number of rotatable bonds is 19. The molecule has 2 heterocycles. The van der Waals surface area contributed by atoms with E-state index in [-0.39, 0.29) is 37.1 Å². The molecule has 1 saturated heterocycles. The van der Waals surface area contributed by atoms with Gasteiger partial charge in [0.2, 0.25) is 24.7 Å². The molecule has 2 aliphatic heterocycles. The lowest BCUT2D eigenvalue weighted by atomic mass is 9.80. The van der Waals surface area contributed by atoms with Gasteiger partial charge >= 0.3 is 17.9 Å².